The maximum absolute atomic E-state index is 5.87. The number of nitrogens with zero attached hydrogens (tertiary/aromatic N) is 3. The van der Waals surface area contributed by atoms with Gasteiger partial charge in [0, 0.05) is 29.8 Å². The van der Waals surface area contributed by atoms with Gasteiger partial charge in [-0.05, 0) is 13.5 Å². The molecular formula is C12H20N4S. The maximum atomic E-state index is 5.87. The quantitative estimate of drug-likeness (QED) is 0.888. The molecule has 94 valence electrons. The Hall–Kier alpha value is -0.810. The molecule has 1 unspecified atom stereocenters. The van der Waals surface area contributed by atoms with Crippen molar-refractivity contribution in [3.63, 3.8) is 0 Å². The van der Waals surface area contributed by atoms with E-state index in [9.17, 15) is 0 Å². The summed E-state index contributed by atoms with van der Waals surface area (Å²) in [6.45, 7) is 3.25. The van der Waals surface area contributed by atoms with Crippen LogP contribution in [-0.2, 0) is 6.42 Å². The molecule has 1 aliphatic heterocycles. The van der Waals surface area contributed by atoms with Crippen LogP contribution in [0.25, 0.3) is 0 Å². The van der Waals surface area contributed by atoms with E-state index >= 15 is 0 Å². The number of anilines is 1. The number of hydrogen-bond donors (Lipinski definition) is 1. The molecule has 0 saturated carbocycles. The van der Waals surface area contributed by atoms with Crippen LogP contribution in [0.2, 0.25) is 0 Å². The summed E-state index contributed by atoms with van der Waals surface area (Å²) in [5.74, 6) is 3.74. The van der Waals surface area contributed by atoms with Gasteiger partial charge in [0.05, 0.1) is 6.04 Å². The lowest BCUT2D eigenvalue weighted by Crippen LogP contribution is -2.34. The zero-order valence-electron chi connectivity index (χ0n) is 10.5. The molecule has 4 nitrogen and oxygen atoms in total. The summed E-state index contributed by atoms with van der Waals surface area (Å²) < 4.78 is 0. The van der Waals surface area contributed by atoms with Crippen LogP contribution in [0.4, 0.5) is 5.82 Å². The first kappa shape index (κ1) is 12.6. The normalized spacial score (nSPS) is 21.6. The third-order valence-corrected chi connectivity index (χ3v) is 4.04. The molecule has 0 bridgehead atoms. The minimum atomic E-state index is 0.313. The van der Waals surface area contributed by atoms with Gasteiger partial charge in [-0.25, -0.2) is 9.97 Å². The molecule has 0 aliphatic carbocycles. The van der Waals surface area contributed by atoms with Crippen LogP contribution in [0.1, 0.15) is 30.9 Å². The molecule has 1 atom stereocenters. The highest BCUT2D eigenvalue weighted by Gasteiger charge is 2.24. The van der Waals surface area contributed by atoms with E-state index in [0.717, 1.165) is 36.7 Å². The highest BCUT2D eigenvalue weighted by atomic mass is 32.2. The predicted octanol–water partition coefficient (Wildman–Crippen LogP) is 1.73. The summed E-state index contributed by atoms with van der Waals surface area (Å²) in [6.07, 6.45) is 2.06. The standard InChI is InChI=1S/C12H20N4S/c1-3-4-9-7-11(13)15-12(14-9)10-8-17-6-5-16(10)2/h7,10H,3-6,8H2,1-2H3,(H2,13,14,15). The second-order valence-electron chi connectivity index (χ2n) is 4.46. The van der Waals surface area contributed by atoms with Crippen molar-refractivity contribution in [1.82, 2.24) is 14.9 Å². The van der Waals surface area contributed by atoms with Crippen molar-refractivity contribution in [3.8, 4) is 0 Å². The molecule has 1 fully saturated rings. The number of rotatable bonds is 3. The Labute approximate surface area is 107 Å². The Morgan fingerprint density at radius 3 is 3.06 bits per heavy atom. The second-order valence-corrected chi connectivity index (χ2v) is 5.61. The Morgan fingerprint density at radius 1 is 1.53 bits per heavy atom. The van der Waals surface area contributed by atoms with Gasteiger partial charge in [0.15, 0.2) is 0 Å². The lowest BCUT2D eigenvalue weighted by Gasteiger charge is -2.31. The monoisotopic (exact) mass is 252 g/mol. The summed E-state index contributed by atoms with van der Waals surface area (Å²) in [4.78, 5) is 11.4. The van der Waals surface area contributed by atoms with E-state index in [2.05, 4.69) is 28.8 Å². The van der Waals surface area contributed by atoms with Crippen LogP contribution < -0.4 is 5.73 Å². The summed E-state index contributed by atoms with van der Waals surface area (Å²) in [7, 11) is 2.14. The molecule has 0 spiro atoms. The number of nitrogen functional groups attached to an aromatic ring is 1. The molecule has 0 aromatic carbocycles. The van der Waals surface area contributed by atoms with Crippen molar-refractivity contribution >= 4 is 17.6 Å². The molecule has 1 aliphatic rings. The molecule has 0 radical (unpaired) electrons. The largest absolute Gasteiger partial charge is 0.384 e. The third kappa shape index (κ3) is 3.10. The molecule has 1 saturated heterocycles. The van der Waals surface area contributed by atoms with Gasteiger partial charge in [0.1, 0.15) is 11.6 Å². The average Bonchev–Trinajstić information content (AvgIpc) is 2.29. The van der Waals surface area contributed by atoms with Crippen LogP contribution in [0.3, 0.4) is 0 Å². The van der Waals surface area contributed by atoms with Gasteiger partial charge in [-0.15, -0.1) is 0 Å². The third-order valence-electron chi connectivity index (χ3n) is 3.02. The molecular weight excluding hydrogens is 232 g/mol. The molecule has 17 heavy (non-hydrogen) atoms. The SMILES string of the molecule is CCCc1cc(N)nc(C2CSCCN2C)n1. The first-order chi connectivity index (χ1) is 8.20. The summed E-state index contributed by atoms with van der Waals surface area (Å²) in [5.41, 5.74) is 6.93. The van der Waals surface area contributed by atoms with Crippen LogP contribution in [-0.4, -0.2) is 40.0 Å². The number of hydrogen-bond acceptors (Lipinski definition) is 5. The zero-order chi connectivity index (χ0) is 12.3. The lowest BCUT2D eigenvalue weighted by molar-refractivity contribution is 0.264. The first-order valence-corrected chi connectivity index (χ1v) is 7.27. The Balaban J connectivity index is 2.24. The molecule has 2 rings (SSSR count). The Kier molecular flexibility index (Phi) is 4.23. The highest BCUT2D eigenvalue weighted by molar-refractivity contribution is 7.99. The summed E-state index contributed by atoms with van der Waals surface area (Å²) in [5, 5.41) is 0. The van der Waals surface area contributed by atoms with Crippen LogP contribution in [0.15, 0.2) is 6.07 Å². The first-order valence-electron chi connectivity index (χ1n) is 6.12. The van der Waals surface area contributed by atoms with E-state index in [1.54, 1.807) is 0 Å². The van der Waals surface area contributed by atoms with Gasteiger partial charge in [-0.1, -0.05) is 13.3 Å². The van der Waals surface area contributed by atoms with Crippen molar-refractivity contribution in [2.24, 2.45) is 0 Å². The molecule has 5 heteroatoms. The van der Waals surface area contributed by atoms with Gasteiger partial charge in [0.2, 0.25) is 0 Å². The van der Waals surface area contributed by atoms with E-state index in [4.69, 9.17) is 5.73 Å². The maximum Gasteiger partial charge on any atom is 0.148 e. The van der Waals surface area contributed by atoms with Crippen molar-refractivity contribution in [3.05, 3.63) is 17.6 Å². The molecule has 1 aromatic heterocycles. The molecule has 0 amide bonds. The van der Waals surface area contributed by atoms with Crippen molar-refractivity contribution in [2.75, 3.05) is 30.8 Å². The fourth-order valence-corrected chi connectivity index (χ4v) is 3.24. The summed E-state index contributed by atoms with van der Waals surface area (Å²) in [6, 6.07) is 2.20. The molecule has 2 heterocycles. The number of nitrogens with two attached hydrogens (primary N) is 1. The van der Waals surface area contributed by atoms with Crippen LogP contribution >= 0.6 is 11.8 Å². The van der Waals surface area contributed by atoms with Gasteiger partial charge in [-0.2, -0.15) is 11.8 Å². The fraction of sp³-hybridized carbons (Fsp3) is 0.667. The van der Waals surface area contributed by atoms with Gasteiger partial charge in [-0.3, -0.25) is 4.90 Å². The second kappa shape index (κ2) is 5.69. The van der Waals surface area contributed by atoms with Gasteiger partial charge in [0.25, 0.3) is 0 Å². The van der Waals surface area contributed by atoms with Crippen molar-refractivity contribution in [2.45, 2.75) is 25.8 Å². The van der Waals surface area contributed by atoms with Crippen molar-refractivity contribution in [1.29, 1.82) is 0 Å². The molecule has 2 N–H and O–H groups in total. The zero-order valence-corrected chi connectivity index (χ0v) is 11.3. The van der Waals surface area contributed by atoms with E-state index in [0.29, 0.717) is 11.9 Å². The van der Waals surface area contributed by atoms with Crippen LogP contribution in [0, 0.1) is 0 Å². The fourth-order valence-electron chi connectivity index (χ4n) is 2.03. The summed E-state index contributed by atoms with van der Waals surface area (Å²) >= 11 is 1.96. The minimum absolute atomic E-state index is 0.313. The lowest BCUT2D eigenvalue weighted by atomic mass is 10.2. The minimum Gasteiger partial charge on any atom is -0.384 e. The predicted molar refractivity (Wildman–Crippen MR) is 73.1 cm³/mol. The van der Waals surface area contributed by atoms with E-state index in [1.807, 2.05) is 17.8 Å². The molecule has 1 aromatic rings. The van der Waals surface area contributed by atoms with Crippen LogP contribution in [0.5, 0.6) is 0 Å². The van der Waals surface area contributed by atoms with E-state index < -0.39 is 0 Å². The number of aromatic nitrogens is 2. The Morgan fingerprint density at radius 2 is 2.35 bits per heavy atom. The average molecular weight is 252 g/mol. The highest BCUT2D eigenvalue weighted by Crippen LogP contribution is 2.26. The smallest absolute Gasteiger partial charge is 0.148 e. The van der Waals surface area contributed by atoms with Gasteiger partial charge >= 0.3 is 0 Å². The van der Waals surface area contributed by atoms with Crippen molar-refractivity contribution < 1.29 is 0 Å². The Bertz CT molecular complexity index is 383. The van der Waals surface area contributed by atoms with Gasteiger partial charge < -0.3 is 5.73 Å². The topological polar surface area (TPSA) is 55.0 Å². The van der Waals surface area contributed by atoms with E-state index in [1.165, 1.54) is 5.75 Å². The number of thioether (sulfide) groups is 1. The number of aryl methyl sites for hydroxylation is 1. The van der Waals surface area contributed by atoms with E-state index in [-0.39, 0.29) is 0 Å².